The number of nitrogens with one attached hydrogen (secondary N) is 1. The smallest absolute Gasteiger partial charge is 0.152 e. The molecular weight excluding hydrogens is 273 g/mol. The molecule has 0 amide bonds. The average Bonchev–Trinajstić information content (AvgIpc) is 2.78. The van der Waals surface area contributed by atoms with E-state index in [9.17, 15) is 4.39 Å². The third-order valence-corrected chi connectivity index (χ3v) is 3.78. The fraction of sp³-hybridized carbons (Fsp3) is 0.333. The zero-order valence-corrected chi connectivity index (χ0v) is 11.5. The molecule has 1 heterocycles. The number of halogens is 2. The molecule has 96 valence electrons. The van der Waals surface area contributed by atoms with Gasteiger partial charge in [0.1, 0.15) is 10.8 Å². The molecule has 0 saturated carbocycles. The predicted molar refractivity (Wildman–Crippen MR) is 72.6 cm³/mol. The molecule has 6 heteroatoms. The summed E-state index contributed by atoms with van der Waals surface area (Å²) in [6.45, 7) is 0.926. The summed E-state index contributed by atoms with van der Waals surface area (Å²) in [5.74, 6) is -0.361. The molecular formula is C12H13ClFN3S. The number of nitrogens with zero attached hydrogens (tertiary/aromatic N) is 2. The van der Waals surface area contributed by atoms with Crippen LogP contribution in [0.4, 0.5) is 4.39 Å². The van der Waals surface area contributed by atoms with Gasteiger partial charge in [-0.2, -0.15) is 0 Å². The average molecular weight is 286 g/mol. The van der Waals surface area contributed by atoms with Crippen LogP contribution < -0.4 is 5.32 Å². The first kappa shape index (κ1) is 13.4. The van der Waals surface area contributed by atoms with Crippen molar-refractivity contribution < 1.29 is 4.39 Å². The first-order valence-electron chi connectivity index (χ1n) is 5.63. The number of rotatable bonds is 5. The van der Waals surface area contributed by atoms with Crippen LogP contribution in [-0.4, -0.2) is 23.8 Å². The maximum Gasteiger partial charge on any atom is 0.152 e. The Morgan fingerprint density at radius 1 is 1.39 bits per heavy atom. The molecule has 0 aliphatic carbocycles. The van der Waals surface area contributed by atoms with E-state index in [4.69, 9.17) is 11.6 Å². The van der Waals surface area contributed by atoms with Crippen molar-refractivity contribution in [2.45, 2.75) is 12.8 Å². The summed E-state index contributed by atoms with van der Waals surface area (Å²) < 4.78 is 13.7. The SMILES string of the molecule is CNCCCc1nnc(-c2c(F)cccc2Cl)s1. The van der Waals surface area contributed by atoms with Crippen molar-refractivity contribution in [3.05, 3.63) is 34.0 Å². The summed E-state index contributed by atoms with van der Waals surface area (Å²) in [6.07, 6.45) is 1.82. The number of hydrogen-bond acceptors (Lipinski definition) is 4. The highest BCUT2D eigenvalue weighted by atomic mass is 35.5. The van der Waals surface area contributed by atoms with E-state index in [1.54, 1.807) is 12.1 Å². The minimum Gasteiger partial charge on any atom is -0.320 e. The van der Waals surface area contributed by atoms with Crippen molar-refractivity contribution in [1.29, 1.82) is 0 Å². The van der Waals surface area contributed by atoms with Gasteiger partial charge in [-0.05, 0) is 32.1 Å². The van der Waals surface area contributed by atoms with E-state index < -0.39 is 0 Å². The summed E-state index contributed by atoms with van der Waals surface area (Å²) in [7, 11) is 1.91. The molecule has 1 N–H and O–H groups in total. The van der Waals surface area contributed by atoms with Crippen LogP contribution in [0.3, 0.4) is 0 Å². The maximum atomic E-state index is 13.7. The summed E-state index contributed by atoms with van der Waals surface area (Å²) in [5, 5.41) is 13.0. The largest absolute Gasteiger partial charge is 0.320 e. The van der Waals surface area contributed by atoms with E-state index in [1.165, 1.54) is 17.4 Å². The fourth-order valence-electron chi connectivity index (χ4n) is 1.57. The van der Waals surface area contributed by atoms with Gasteiger partial charge >= 0.3 is 0 Å². The Labute approximate surface area is 114 Å². The minimum absolute atomic E-state index is 0.344. The zero-order chi connectivity index (χ0) is 13.0. The van der Waals surface area contributed by atoms with E-state index in [0.717, 1.165) is 24.4 Å². The standard InChI is InChI=1S/C12H13ClFN3S/c1-15-7-3-6-10-16-17-12(18-10)11-8(13)4-2-5-9(11)14/h2,4-5,15H,3,6-7H2,1H3. The molecule has 2 rings (SSSR count). The van der Waals surface area contributed by atoms with Gasteiger partial charge < -0.3 is 5.32 Å². The lowest BCUT2D eigenvalue weighted by molar-refractivity contribution is 0.631. The van der Waals surface area contributed by atoms with Crippen LogP contribution >= 0.6 is 22.9 Å². The summed E-state index contributed by atoms with van der Waals surface area (Å²) in [5.41, 5.74) is 0.344. The van der Waals surface area contributed by atoms with Crippen molar-refractivity contribution in [3.63, 3.8) is 0 Å². The van der Waals surface area contributed by atoms with Crippen LogP contribution in [0.2, 0.25) is 5.02 Å². The molecule has 0 fully saturated rings. The molecule has 0 aliphatic heterocycles. The lowest BCUT2D eigenvalue weighted by Gasteiger charge is -2.00. The highest BCUT2D eigenvalue weighted by Gasteiger charge is 2.14. The van der Waals surface area contributed by atoms with E-state index >= 15 is 0 Å². The van der Waals surface area contributed by atoms with Gasteiger partial charge in [0.05, 0.1) is 10.6 Å². The maximum absolute atomic E-state index is 13.7. The summed E-state index contributed by atoms with van der Waals surface area (Å²) >= 11 is 7.38. The Kier molecular flexibility index (Phi) is 4.63. The van der Waals surface area contributed by atoms with Crippen LogP contribution in [0.1, 0.15) is 11.4 Å². The van der Waals surface area contributed by atoms with Crippen LogP contribution in [-0.2, 0) is 6.42 Å². The molecule has 0 saturated heterocycles. The molecule has 1 aromatic heterocycles. The van der Waals surface area contributed by atoms with Gasteiger partial charge in [-0.15, -0.1) is 10.2 Å². The zero-order valence-electron chi connectivity index (χ0n) is 9.91. The predicted octanol–water partition coefficient (Wildman–Crippen LogP) is 3.15. The second kappa shape index (κ2) is 6.22. The Bertz CT molecular complexity index is 510. The van der Waals surface area contributed by atoms with Gasteiger partial charge in [-0.25, -0.2) is 4.39 Å². The molecule has 0 aliphatic rings. The van der Waals surface area contributed by atoms with Crippen molar-refractivity contribution in [2.75, 3.05) is 13.6 Å². The van der Waals surface area contributed by atoms with Crippen molar-refractivity contribution >= 4 is 22.9 Å². The van der Waals surface area contributed by atoms with E-state index in [2.05, 4.69) is 15.5 Å². The molecule has 0 spiro atoms. The Morgan fingerprint density at radius 3 is 2.94 bits per heavy atom. The normalized spacial score (nSPS) is 10.8. The second-order valence-electron chi connectivity index (χ2n) is 3.80. The van der Waals surface area contributed by atoms with E-state index in [0.29, 0.717) is 15.6 Å². The van der Waals surface area contributed by atoms with E-state index in [1.807, 2.05) is 7.05 Å². The van der Waals surface area contributed by atoms with Crippen LogP contribution in [0.5, 0.6) is 0 Å². The summed E-state index contributed by atoms with van der Waals surface area (Å²) in [6, 6.07) is 4.61. The Balaban J connectivity index is 2.19. The van der Waals surface area contributed by atoms with E-state index in [-0.39, 0.29) is 5.82 Å². The quantitative estimate of drug-likeness (QED) is 0.858. The number of aromatic nitrogens is 2. The lowest BCUT2D eigenvalue weighted by Crippen LogP contribution is -2.08. The number of hydrogen-bond donors (Lipinski definition) is 1. The molecule has 0 atom stereocenters. The Hall–Kier alpha value is -1.04. The molecule has 3 nitrogen and oxygen atoms in total. The molecule has 0 radical (unpaired) electrons. The van der Waals surface area contributed by atoms with Gasteiger partial charge in [0.15, 0.2) is 5.01 Å². The molecule has 1 aromatic carbocycles. The third kappa shape index (κ3) is 3.04. The van der Waals surface area contributed by atoms with Crippen molar-refractivity contribution in [2.24, 2.45) is 0 Å². The van der Waals surface area contributed by atoms with Crippen LogP contribution in [0, 0.1) is 5.82 Å². The van der Waals surface area contributed by atoms with Crippen molar-refractivity contribution in [3.8, 4) is 10.6 Å². The monoisotopic (exact) mass is 285 g/mol. The minimum atomic E-state index is -0.361. The molecule has 18 heavy (non-hydrogen) atoms. The Morgan fingerprint density at radius 2 is 2.22 bits per heavy atom. The molecule has 0 unspecified atom stereocenters. The lowest BCUT2D eigenvalue weighted by atomic mass is 10.2. The van der Waals surface area contributed by atoms with Gasteiger partial charge in [0, 0.05) is 6.42 Å². The second-order valence-corrected chi connectivity index (χ2v) is 5.27. The first-order chi connectivity index (χ1) is 8.72. The third-order valence-electron chi connectivity index (χ3n) is 2.46. The number of benzene rings is 1. The first-order valence-corrected chi connectivity index (χ1v) is 6.83. The van der Waals surface area contributed by atoms with Crippen LogP contribution in [0.25, 0.3) is 10.6 Å². The van der Waals surface area contributed by atoms with Gasteiger partial charge in [-0.1, -0.05) is 29.0 Å². The number of aryl methyl sites for hydroxylation is 1. The topological polar surface area (TPSA) is 37.8 Å². The summed E-state index contributed by atoms with van der Waals surface area (Å²) in [4.78, 5) is 0. The molecule has 2 aromatic rings. The van der Waals surface area contributed by atoms with Crippen molar-refractivity contribution in [1.82, 2.24) is 15.5 Å². The van der Waals surface area contributed by atoms with Gasteiger partial charge in [0.2, 0.25) is 0 Å². The fourth-order valence-corrected chi connectivity index (χ4v) is 2.83. The van der Waals surface area contributed by atoms with Gasteiger partial charge in [0.25, 0.3) is 0 Å². The molecule has 0 bridgehead atoms. The van der Waals surface area contributed by atoms with Crippen LogP contribution in [0.15, 0.2) is 18.2 Å². The van der Waals surface area contributed by atoms with Gasteiger partial charge in [-0.3, -0.25) is 0 Å². The highest BCUT2D eigenvalue weighted by Crippen LogP contribution is 2.32. The highest BCUT2D eigenvalue weighted by molar-refractivity contribution is 7.14.